The predicted octanol–water partition coefficient (Wildman–Crippen LogP) is 1.83. The van der Waals surface area contributed by atoms with Crippen LogP contribution in [0.3, 0.4) is 0 Å². The van der Waals surface area contributed by atoms with Crippen LogP contribution in [-0.2, 0) is 4.79 Å². The first kappa shape index (κ1) is 14.0. The summed E-state index contributed by atoms with van der Waals surface area (Å²) in [4.78, 5) is 35.2. The highest BCUT2D eigenvalue weighted by atomic mass is 16.4. The zero-order valence-electron chi connectivity index (χ0n) is 11.1. The van der Waals surface area contributed by atoms with Gasteiger partial charge in [0, 0.05) is 30.3 Å². The summed E-state index contributed by atoms with van der Waals surface area (Å²) >= 11 is 0. The van der Waals surface area contributed by atoms with Crippen LogP contribution in [-0.4, -0.2) is 40.9 Å². The molecule has 0 spiro atoms. The van der Waals surface area contributed by atoms with Crippen LogP contribution in [0.5, 0.6) is 0 Å². The van der Waals surface area contributed by atoms with Crippen LogP contribution >= 0.6 is 0 Å². The molecule has 2 rings (SSSR count). The van der Waals surface area contributed by atoms with E-state index in [1.165, 1.54) is 6.92 Å². The third-order valence-corrected chi connectivity index (χ3v) is 3.23. The maximum atomic E-state index is 11.9. The van der Waals surface area contributed by atoms with Crippen LogP contribution in [0.25, 0.3) is 0 Å². The van der Waals surface area contributed by atoms with Crippen LogP contribution in [0.15, 0.2) is 24.3 Å². The lowest BCUT2D eigenvalue weighted by Crippen LogP contribution is -2.52. The maximum absolute atomic E-state index is 11.9. The number of carbonyl (C=O) groups excluding carboxylic acids is 2. The third kappa shape index (κ3) is 3.34. The molecule has 1 aliphatic rings. The van der Waals surface area contributed by atoms with Crippen molar-refractivity contribution in [2.45, 2.75) is 13.3 Å². The molecule has 0 bridgehead atoms. The molecule has 1 aliphatic heterocycles. The standard InChI is InChI=1S/C14H16N2O4/c1-9(17)11-3-2-4-12(6-11)15-14(20)16-7-10(8-16)5-13(18)19/h2-4,6,10H,5,7-8H2,1H3,(H,15,20)(H,18,19). The van der Waals surface area contributed by atoms with E-state index in [9.17, 15) is 14.4 Å². The van der Waals surface area contributed by atoms with Crippen LogP contribution in [0.2, 0.25) is 0 Å². The van der Waals surface area contributed by atoms with Gasteiger partial charge in [-0.15, -0.1) is 0 Å². The first-order valence-electron chi connectivity index (χ1n) is 6.34. The number of likely N-dealkylation sites (tertiary alicyclic amines) is 1. The molecule has 1 heterocycles. The van der Waals surface area contributed by atoms with Crippen molar-refractivity contribution in [3.8, 4) is 0 Å². The van der Waals surface area contributed by atoms with Crippen LogP contribution in [0.1, 0.15) is 23.7 Å². The summed E-state index contributed by atoms with van der Waals surface area (Å²) in [5.41, 5.74) is 1.10. The highest BCUT2D eigenvalue weighted by Gasteiger charge is 2.32. The van der Waals surface area contributed by atoms with Crippen LogP contribution < -0.4 is 5.32 Å². The van der Waals surface area contributed by atoms with Gasteiger partial charge in [-0.1, -0.05) is 12.1 Å². The smallest absolute Gasteiger partial charge is 0.321 e. The van der Waals surface area contributed by atoms with E-state index in [2.05, 4.69) is 5.32 Å². The van der Waals surface area contributed by atoms with E-state index in [-0.39, 0.29) is 24.2 Å². The number of carboxylic acid groups (broad SMARTS) is 1. The molecule has 0 unspecified atom stereocenters. The molecule has 2 N–H and O–H groups in total. The van der Waals surface area contributed by atoms with Gasteiger partial charge in [0.05, 0.1) is 6.42 Å². The van der Waals surface area contributed by atoms with Crippen molar-refractivity contribution in [1.29, 1.82) is 0 Å². The SMILES string of the molecule is CC(=O)c1cccc(NC(=O)N2CC(CC(=O)O)C2)c1. The highest BCUT2D eigenvalue weighted by molar-refractivity contribution is 5.96. The Labute approximate surface area is 116 Å². The molecule has 0 radical (unpaired) electrons. The number of rotatable bonds is 4. The fourth-order valence-electron chi connectivity index (χ4n) is 2.13. The summed E-state index contributed by atoms with van der Waals surface area (Å²) in [7, 11) is 0. The predicted molar refractivity (Wildman–Crippen MR) is 72.8 cm³/mol. The molecule has 0 atom stereocenters. The Morgan fingerprint density at radius 1 is 1.35 bits per heavy atom. The van der Waals surface area contributed by atoms with Crippen LogP contribution in [0.4, 0.5) is 10.5 Å². The normalized spacial score (nSPS) is 14.6. The van der Waals surface area contributed by atoms with Gasteiger partial charge in [-0.05, 0) is 19.1 Å². The van der Waals surface area contributed by atoms with E-state index in [0.717, 1.165) is 0 Å². The molecule has 1 aromatic rings. The minimum atomic E-state index is -0.843. The quantitative estimate of drug-likeness (QED) is 0.821. The molecule has 20 heavy (non-hydrogen) atoms. The van der Waals surface area contributed by atoms with Crippen molar-refractivity contribution in [2.75, 3.05) is 18.4 Å². The molecular weight excluding hydrogens is 260 g/mol. The minimum Gasteiger partial charge on any atom is -0.481 e. The van der Waals surface area contributed by atoms with Crippen molar-refractivity contribution in [3.05, 3.63) is 29.8 Å². The third-order valence-electron chi connectivity index (χ3n) is 3.23. The molecule has 2 amide bonds. The number of hydrogen-bond donors (Lipinski definition) is 2. The topological polar surface area (TPSA) is 86.7 Å². The molecule has 0 saturated carbocycles. The summed E-state index contributed by atoms with van der Waals surface area (Å²) in [6.07, 6.45) is 0.0869. The first-order valence-corrected chi connectivity index (χ1v) is 6.34. The van der Waals surface area contributed by atoms with Gasteiger partial charge >= 0.3 is 12.0 Å². The molecule has 1 saturated heterocycles. The summed E-state index contributed by atoms with van der Waals surface area (Å²) in [5.74, 6) is -0.877. The summed E-state index contributed by atoms with van der Waals surface area (Å²) in [5, 5.41) is 11.3. The van der Waals surface area contributed by atoms with E-state index >= 15 is 0 Å². The number of anilines is 1. The first-order chi connectivity index (χ1) is 9.45. The monoisotopic (exact) mass is 276 g/mol. The maximum Gasteiger partial charge on any atom is 0.321 e. The Morgan fingerprint density at radius 2 is 2.05 bits per heavy atom. The Kier molecular flexibility index (Phi) is 4.02. The number of benzene rings is 1. The average molecular weight is 276 g/mol. The molecule has 6 heteroatoms. The van der Waals surface area contributed by atoms with Gasteiger partial charge in [-0.3, -0.25) is 9.59 Å². The zero-order valence-corrected chi connectivity index (χ0v) is 11.1. The summed E-state index contributed by atoms with van der Waals surface area (Å²) in [6, 6.07) is 6.45. The van der Waals surface area contributed by atoms with Crippen molar-refractivity contribution >= 4 is 23.5 Å². The number of ketones is 1. The van der Waals surface area contributed by atoms with E-state index in [1.54, 1.807) is 29.2 Å². The van der Waals surface area contributed by atoms with Gasteiger partial charge in [-0.2, -0.15) is 0 Å². The lowest BCUT2D eigenvalue weighted by atomic mass is 9.97. The van der Waals surface area contributed by atoms with E-state index in [0.29, 0.717) is 24.3 Å². The fourth-order valence-corrected chi connectivity index (χ4v) is 2.13. The van der Waals surface area contributed by atoms with Crippen LogP contribution in [0, 0.1) is 5.92 Å². The second-order valence-corrected chi connectivity index (χ2v) is 4.94. The highest BCUT2D eigenvalue weighted by Crippen LogP contribution is 2.20. The second kappa shape index (κ2) is 5.73. The van der Waals surface area contributed by atoms with Gasteiger partial charge in [0.1, 0.15) is 0 Å². The van der Waals surface area contributed by atoms with E-state index in [1.807, 2.05) is 0 Å². The second-order valence-electron chi connectivity index (χ2n) is 4.94. The number of urea groups is 1. The summed E-state index contributed by atoms with van der Waals surface area (Å²) in [6.45, 7) is 2.36. The number of hydrogen-bond acceptors (Lipinski definition) is 3. The van der Waals surface area contributed by atoms with Gasteiger partial charge < -0.3 is 15.3 Å². The molecule has 6 nitrogen and oxygen atoms in total. The van der Waals surface area contributed by atoms with Crippen molar-refractivity contribution < 1.29 is 19.5 Å². The van der Waals surface area contributed by atoms with E-state index < -0.39 is 5.97 Å². The van der Waals surface area contributed by atoms with Crippen molar-refractivity contribution in [3.63, 3.8) is 0 Å². The minimum absolute atomic E-state index is 0.0294. The number of carboxylic acids is 1. The van der Waals surface area contributed by atoms with Gasteiger partial charge in [0.15, 0.2) is 5.78 Å². The Hall–Kier alpha value is -2.37. The number of amides is 2. The van der Waals surface area contributed by atoms with Crippen molar-refractivity contribution in [2.24, 2.45) is 5.92 Å². The number of carbonyl (C=O) groups is 3. The number of Topliss-reactive ketones (excluding diaryl/α,β-unsaturated/α-hetero) is 1. The Balaban J connectivity index is 1.88. The summed E-state index contributed by atoms with van der Waals surface area (Å²) < 4.78 is 0. The van der Waals surface area contributed by atoms with Gasteiger partial charge in [0.25, 0.3) is 0 Å². The zero-order chi connectivity index (χ0) is 14.7. The van der Waals surface area contributed by atoms with E-state index in [4.69, 9.17) is 5.11 Å². The Bertz CT molecular complexity index is 550. The fraction of sp³-hybridized carbons (Fsp3) is 0.357. The van der Waals surface area contributed by atoms with Crippen molar-refractivity contribution in [1.82, 2.24) is 4.90 Å². The molecule has 0 aliphatic carbocycles. The van der Waals surface area contributed by atoms with Gasteiger partial charge in [-0.25, -0.2) is 4.79 Å². The Morgan fingerprint density at radius 3 is 2.65 bits per heavy atom. The average Bonchev–Trinajstić information content (AvgIpc) is 2.33. The number of aliphatic carboxylic acids is 1. The molecule has 1 aromatic carbocycles. The number of nitrogens with zero attached hydrogens (tertiary/aromatic N) is 1. The number of nitrogens with one attached hydrogen (secondary N) is 1. The van der Waals surface area contributed by atoms with Gasteiger partial charge in [0.2, 0.25) is 0 Å². The molecule has 106 valence electrons. The largest absolute Gasteiger partial charge is 0.481 e. The molecule has 0 aromatic heterocycles. The molecular formula is C14H16N2O4. The molecule has 1 fully saturated rings. The lowest BCUT2D eigenvalue weighted by molar-refractivity contribution is -0.139. The lowest BCUT2D eigenvalue weighted by Gasteiger charge is -2.38.